The molecule has 0 fully saturated rings. The fourth-order valence-corrected chi connectivity index (χ4v) is 2.04. The Balaban J connectivity index is 2.39. The van der Waals surface area contributed by atoms with Crippen LogP contribution in [0.5, 0.6) is 0 Å². The molecule has 1 aromatic rings. The van der Waals surface area contributed by atoms with Crippen LogP contribution >= 0.6 is 0 Å². The number of carbonyl (C=O) groups is 1. The number of hydrogen-bond acceptors (Lipinski definition) is 1. The zero-order chi connectivity index (χ0) is 10.1. The van der Waals surface area contributed by atoms with E-state index in [1.54, 1.807) is 0 Å². The predicted octanol–water partition coefficient (Wildman–Crippen LogP) is 1.84. The highest BCUT2D eigenvalue weighted by Crippen LogP contribution is 2.21. The third-order valence-electron chi connectivity index (χ3n) is 2.85. The van der Waals surface area contributed by atoms with Gasteiger partial charge in [0.15, 0.2) is 0 Å². The van der Waals surface area contributed by atoms with Gasteiger partial charge in [-0.2, -0.15) is 0 Å². The lowest BCUT2D eigenvalue weighted by Crippen LogP contribution is -2.29. The van der Waals surface area contributed by atoms with Crippen LogP contribution in [0.2, 0.25) is 0 Å². The highest BCUT2D eigenvalue weighted by atomic mass is 16.2. The Bertz CT molecular complexity index is 326. The second kappa shape index (κ2) is 3.45. The first-order valence-electron chi connectivity index (χ1n) is 5.00. The van der Waals surface area contributed by atoms with E-state index in [9.17, 15) is 4.79 Å². The second-order valence-electron chi connectivity index (χ2n) is 4.07. The molecule has 1 amide bonds. The van der Waals surface area contributed by atoms with Crippen molar-refractivity contribution in [3.8, 4) is 0 Å². The molecule has 0 spiro atoms. The first kappa shape index (κ1) is 9.25. The van der Waals surface area contributed by atoms with Crippen molar-refractivity contribution in [1.82, 2.24) is 4.90 Å². The van der Waals surface area contributed by atoms with Gasteiger partial charge in [-0.15, -0.1) is 0 Å². The molecule has 0 radical (unpaired) electrons. The molecule has 2 rings (SSSR count). The van der Waals surface area contributed by atoms with Crippen molar-refractivity contribution < 1.29 is 4.79 Å². The third kappa shape index (κ3) is 1.52. The van der Waals surface area contributed by atoms with Crippen molar-refractivity contribution in [3.05, 3.63) is 35.4 Å². The molecule has 0 unspecified atom stereocenters. The number of hydrogen-bond donors (Lipinski definition) is 0. The Morgan fingerprint density at radius 3 is 2.64 bits per heavy atom. The van der Waals surface area contributed by atoms with Gasteiger partial charge in [0.25, 0.3) is 0 Å². The predicted molar refractivity (Wildman–Crippen MR) is 55.8 cm³/mol. The molecule has 1 aromatic carbocycles. The lowest BCUT2D eigenvalue weighted by molar-refractivity contribution is -0.133. The summed E-state index contributed by atoms with van der Waals surface area (Å²) in [5, 5.41) is 0. The first-order valence-corrected chi connectivity index (χ1v) is 5.00. The van der Waals surface area contributed by atoms with Crippen LogP contribution in [0.1, 0.15) is 18.1 Å². The van der Waals surface area contributed by atoms with Crippen LogP contribution in [0.3, 0.4) is 0 Å². The van der Waals surface area contributed by atoms with Gasteiger partial charge in [0, 0.05) is 19.5 Å². The van der Waals surface area contributed by atoms with Crippen molar-refractivity contribution in [3.63, 3.8) is 0 Å². The maximum atomic E-state index is 11.7. The van der Waals surface area contributed by atoms with E-state index in [1.807, 2.05) is 31.0 Å². The number of nitrogens with zero attached hydrogens (tertiary/aromatic N) is 1. The molecule has 2 nitrogen and oxygen atoms in total. The molecule has 1 aliphatic heterocycles. The van der Waals surface area contributed by atoms with Crippen molar-refractivity contribution in [2.75, 3.05) is 7.05 Å². The maximum absolute atomic E-state index is 11.7. The minimum atomic E-state index is 0.114. The molecule has 2 heteroatoms. The second-order valence-corrected chi connectivity index (χ2v) is 4.07. The minimum absolute atomic E-state index is 0.114. The molecule has 0 saturated heterocycles. The van der Waals surface area contributed by atoms with E-state index in [0.29, 0.717) is 0 Å². The molecule has 1 heterocycles. The fourth-order valence-electron chi connectivity index (χ4n) is 2.04. The highest BCUT2D eigenvalue weighted by molar-refractivity contribution is 5.79. The molecule has 0 aromatic heterocycles. The third-order valence-corrected chi connectivity index (χ3v) is 2.85. The zero-order valence-electron chi connectivity index (χ0n) is 8.66. The number of benzene rings is 1. The van der Waals surface area contributed by atoms with Gasteiger partial charge in [-0.05, 0) is 17.5 Å². The summed E-state index contributed by atoms with van der Waals surface area (Å²) in [6.45, 7) is 2.75. The van der Waals surface area contributed by atoms with Gasteiger partial charge < -0.3 is 4.90 Å². The lowest BCUT2D eigenvalue weighted by atomic mass is 9.99. The summed E-state index contributed by atoms with van der Waals surface area (Å²) < 4.78 is 0. The molecule has 14 heavy (non-hydrogen) atoms. The number of carbonyl (C=O) groups excluding carboxylic acids is 1. The topological polar surface area (TPSA) is 20.3 Å². The van der Waals surface area contributed by atoms with Gasteiger partial charge in [0.05, 0.1) is 0 Å². The summed E-state index contributed by atoms with van der Waals surface area (Å²) in [4.78, 5) is 13.6. The van der Waals surface area contributed by atoms with Gasteiger partial charge in [0.1, 0.15) is 0 Å². The number of fused-ring (bicyclic) bond motifs is 1. The monoisotopic (exact) mass is 189 g/mol. The standard InChI is InChI=1S/C12H15NO/c1-9-7-10-5-3-4-6-11(10)8-13(2)12(9)14/h3-6,9H,7-8H2,1-2H3/t9-/m0/s1. The smallest absolute Gasteiger partial charge is 0.225 e. The molecule has 0 N–H and O–H groups in total. The molecule has 0 bridgehead atoms. The van der Waals surface area contributed by atoms with Crippen LogP contribution in [-0.4, -0.2) is 17.9 Å². The van der Waals surface area contributed by atoms with E-state index in [-0.39, 0.29) is 11.8 Å². The van der Waals surface area contributed by atoms with E-state index in [0.717, 1.165) is 13.0 Å². The van der Waals surface area contributed by atoms with Gasteiger partial charge in [-0.1, -0.05) is 31.2 Å². The maximum Gasteiger partial charge on any atom is 0.225 e. The number of amides is 1. The molecule has 0 aliphatic carbocycles. The van der Waals surface area contributed by atoms with Crippen LogP contribution < -0.4 is 0 Å². The van der Waals surface area contributed by atoms with Crippen LogP contribution in [0.4, 0.5) is 0 Å². The van der Waals surface area contributed by atoms with Gasteiger partial charge in [-0.3, -0.25) is 4.79 Å². The summed E-state index contributed by atoms with van der Waals surface area (Å²) >= 11 is 0. The molecular weight excluding hydrogens is 174 g/mol. The molecular formula is C12H15NO. The SMILES string of the molecule is C[C@H]1Cc2ccccc2CN(C)C1=O. The quantitative estimate of drug-likeness (QED) is 0.609. The van der Waals surface area contributed by atoms with Gasteiger partial charge >= 0.3 is 0 Å². The van der Waals surface area contributed by atoms with Crippen LogP contribution in [0.25, 0.3) is 0 Å². The molecule has 1 aliphatic rings. The van der Waals surface area contributed by atoms with Crippen molar-refractivity contribution in [1.29, 1.82) is 0 Å². The largest absolute Gasteiger partial charge is 0.341 e. The van der Waals surface area contributed by atoms with E-state index in [4.69, 9.17) is 0 Å². The zero-order valence-corrected chi connectivity index (χ0v) is 8.66. The van der Waals surface area contributed by atoms with Crippen LogP contribution in [0, 0.1) is 5.92 Å². The Hall–Kier alpha value is -1.31. The van der Waals surface area contributed by atoms with Crippen molar-refractivity contribution in [2.45, 2.75) is 19.9 Å². The van der Waals surface area contributed by atoms with E-state index in [1.165, 1.54) is 11.1 Å². The van der Waals surface area contributed by atoms with Crippen LogP contribution in [0.15, 0.2) is 24.3 Å². The lowest BCUT2D eigenvalue weighted by Gasteiger charge is -2.16. The average molecular weight is 189 g/mol. The van der Waals surface area contributed by atoms with Crippen molar-refractivity contribution in [2.24, 2.45) is 5.92 Å². The van der Waals surface area contributed by atoms with E-state index >= 15 is 0 Å². The summed E-state index contributed by atoms with van der Waals surface area (Å²) in [5.74, 6) is 0.366. The van der Waals surface area contributed by atoms with Gasteiger partial charge in [0.2, 0.25) is 5.91 Å². The summed E-state index contributed by atoms with van der Waals surface area (Å²) in [6, 6.07) is 8.31. The van der Waals surface area contributed by atoms with E-state index in [2.05, 4.69) is 12.1 Å². The molecule has 74 valence electrons. The van der Waals surface area contributed by atoms with E-state index < -0.39 is 0 Å². The Kier molecular flexibility index (Phi) is 2.28. The van der Waals surface area contributed by atoms with Gasteiger partial charge in [-0.25, -0.2) is 0 Å². The molecule has 1 atom stereocenters. The van der Waals surface area contributed by atoms with Crippen LogP contribution in [-0.2, 0) is 17.8 Å². The highest BCUT2D eigenvalue weighted by Gasteiger charge is 2.23. The number of rotatable bonds is 0. The fraction of sp³-hybridized carbons (Fsp3) is 0.417. The van der Waals surface area contributed by atoms with Crippen molar-refractivity contribution >= 4 is 5.91 Å². The summed E-state index contributed by atoms with van der Waals surface area (Å²) in [5.41, 5.74) is 2.60. The normalized spacial score (nSPS) is 21.7. The average Bonchev–Trinajstić information content (AvgIpc) is 2.28. The minimum Gasteiger partial charge on any atom is -0.341 e. The first-order chi connectivity index (χ1) is 6.68. The summed E-state index contributed by atoms with van der Waals surface area (Å²) in [7, 11) is 1.88. The summed E-state index contributed by atoms with van der Waals surface area (Å²) in [6.07, 6.45) is 0.874. The Labute approximate surface area is 84.5 Å². The Morgan fingerprint density at radius 2 is 1.93 bits per heavy atom. The molecule has 0 saturated carbocycles. The Morgan fingerprint density at radius 1 is 1.29 bits per heavy atom.